The first-order valence-corrected chi connectivity index (χ1v) is 7.14. The van der Waals surface area contributed by atoms with Crippen LogP contribution < -0.4 is 11.1 Å². The molecule has 5 nitrogen and oxygen atoms in total. The minimum atomic E-state index is -0.479. The topological polar surface area (TPSA) is 61.6 Å². The van der Waals surface area contributed by atoms with Crippen LogP contribution in [-0.2, 0) is 4.79 Å². The SMILES string of the molecule is CCN(CCCN(C)C)CC(=O)Nc1cc(N)ccc1F. The van der Waals surface area contributed by atoms with Gasteiger partial charge < -0.3 is 16.0 Å². The Balaban J connectivity index is 2.49. The number of halogens is 1. The molecule has 1 rings (SSSR count). The summed E-state index contributed by atoms with van der Waals surface area (Å²) >= 11 is 0. The van der Waals surface area contributed by atoms with E-state index in [9.17, 15) is 9.18 Å². The van der Waals surface area contributed by atoms with Gasteiger partial charge in [-0.1, -0.05) is 6.92 Å². The molecule has 1 amide bonds. The largest absolute Gasteiger partial charge is 0.399 e. The first kappa shape index (κ1) is 17.4. The summed E-state index contributed by atoms with van der Waals surface area (Å²) in [6.45, 7) is 4.84. The molecule has 0 unspecified atom stereocenters. The molecule has 0 aliphatic heterocycles. The van der Waals surface area contributed by atoms with Crippen LogP contribution in [0.3, 0.4) is 0 Å². The smallest absolute Gasteiger partial charge is 0.238 e. The molecule has 1 aromatic carbocycles. The quantitative estimate of drug-likeness (QED) is 0.716. The summed E-state index contributed by atoms with van der Waals surface area (Å²) in [5.74, 6) is -0.709. The number of hydrogen-bond acceptors (Lipinski definition) is 4. The summed E-state index contributed by atoms with van der Waals surface area (Å²) < 4.78 is 13.6. The van der Waals surface area contributed by atoms with E-state index in [4.69, 9.17) is 5.73 Å². The molecule has 0 aliphatic rings. The highest BCUT2D eigenvalue weighted by Gasteiger charge is 2.11. The van der Waals surface area contributed by atoms with Crippen LogP contribution in [0.25, 0.3) is 0 Å². The van der Waals surface area contributed by atoms with Gasteiger partial charge in [-0.3, -0.25) is 9.69 Å². The van der Waals surface area contributed by atoms with Crippen molar-refractivity contribution in [3.05, 3.63) is 24.0 Å². The summed E-state index contributed by atoms with van der Waals surface area (Å²) in [5, 5.41) is 2.57. The van der Waals surface area contributed by atoms with E-state index in [1.807, 2.05) is 25.9 Å². The third-order valence-electron chi connectivity index (χ3n) is 3.16. The Morgan fingerprint density at radius 2 is 2.05 bits per heavy atom. The van der Waals surface area contributed by atoms with Crippen LogP contribution in [0, 0.1) is 5.82 Å². The van der Waals surface area contributed by atoms with Crippen LogP contribution in [0.1, 0.15) is 13.3 Å². The van der Waals surface area contributed by atoms with Gasteiger partial charge in [0.25, 0.3) is 0 Å². The molecule has 21 heavy (non-hydrogen) atoms. The number of carbonyl (C=O) groups excluding carboxylic acids is 1. The summed E-state index contributed by atoms with van der Waals surface area (Å²) in [6, 6.07) is 4.14. The zero-order valence-corrected chi connectivity index (χ0v) is 13.0. The van der Waals surface area contributed by atoms with Gasteiger partial charge in [-0.05, 0) is 58.3 Å². The van der Waals surface area contributed by atoms with Crippen LogP contribution in [0.4, 0.5) is 15.8 Å². The maximum atomic E-state index is 13.6. The number of hydrogen-bond donors (Lipinski definition) is 2. The van der Waals surface area contributed by atoms with Gasteiger partial charge in [0.1, 0.15) is 5.82 Å². The fourth-order valence-electron chi connectivity index (χ4n) is 1.99. The van der Waals surface area contributed by atoms with Gasteiger partial charge >= 0.3 is 0 Å². The lowest BCUT2D eigenvalue weighted by molar-refractivity contribution is -0.117. The van der Waals surface area contributed by atoms with Crippen molar-refractivity contribution in [2.75, 3.05) is 51.3 Å². The van der Waals surface area contributed by atoms with Gasteiger partial charge in [0.05, 0.1) is 12.2 Å². The average molecular weight is 296 g/mol. The summed E-state index contributed by atoms with van der Waals surface area (Å²) in [6.07, 6.45) is 0.987. The maximum absolute atomic E-state index is 13.6. The second kappa shape index (κ2) is 8.59. The molecule has 118 valence electrons. The van der Waals surface area contributed by atoms with Gasteiger partial charge in [-0.25, -0.2) is 4.39 Å². The van der Waals surface area contributed by atoms with Gasteiger partial charge in [-0.15, -0.1) is 0 Å². The molecule has 0 radical (unpaired) electrons. The number of anilines is 2. The predicted molar refractivity (Wildman–Crippen MR) is 84.7 cm³/mol. The van der Waals surface area contributed by atoms with Crippen molar-refractivity contribution in [3.8, 4) is 0 Å². The van der Waals surface area contributed by atoms with Gasteiger partial charge in [0.2, 0.25) is 5.91 Å². The number of nitrogens with zero attached hydrogens (tertiary/aromatic N) is 2. The normalized spacial score (nSPS) is 11.1. The van der Waals surface area contributed by atoms with Crippen molar-refractivity contribution >= 4 is 17.3 Å². The molecule has 0 heterocycles. The van der Waals surface area contributed by atoms with Crippen molar-refractivity contribution in [2.24, 2.45) is 0 Å². The highest BCUT2D eigenvalue weighted by Crippen LogP contribution is 2.17. The van der Waals surface area contributed by atoms with Crippen molar-refractivity contribution in [2.45, 2.75) is 13.3 Å². The van der Waals surface area contributed by atoms with E-state index in [0.717, 1.165) is 26.1 Å². The lowest BCUT2D eigenvalue weighted by Crippen LogP contribution is -2.35. The highest BCUT2D eigenvalue weighted by molar-refractivity contribution is 5.92. The lowest BCUT2D eigenvalue weighted by Gasteiger charge is -2.21. The maximum Gasteiger partial charge on any atom is 0.238 e. The summed E-state index contributed by atoms with van der Waals surface area (Å²) in [7, 11) is 4.04. The monoisotopic (exact) mass is 296 g/mol. The fourth-order valence-corrected chi connectivity index (χ4v) is 1.99. The Bertz CT molecular complexity index is 465. The second-order valence-corrected chi connectivity index (χ2v) is 5.31. The zero-order valence-electron chi connectivity index (χ0n) is 13.0. The number of carbonyl (C=O) groups is 1. The summed E-state index contributed by atoms with van der Waals surface area (Å²) in [4.78, 5) is 16.1. The van der Waals surface area contributed by atoms with E-state index in [1.165, 1.54) is 18.2 Å². The number of nitrogens with two attached hydrogens (primary N) is 1. The Kier molecular flexibility index (Phi) is 7.11. The summed E-state index contributed by atoms with van der Waals surface area (Å²) in [5.41, 5.74) is 6.14. The van der Waals surface area contributed by atoms with E-state index in [2.05, 4.69) is 10.2 Å². The van der Waals surface area contributed by atoms with Crippen LogP contribution in [0.15, 0.2) is 18.2 Å². The average Bonchev–Trinajstić information content (AvgIpc) is 2.41. The lowest BCUT2D eigenvalue weighted by atomic mass is 10.2. The number of rotatable bonds is 8. The van der Waals surface area contributed by atoms with E-state index >= 15 is 0 Å². The van der Waals surface area contributed by atoms with Crippen LogP contribution in [-0.4, -0.2) is 56.0 Å². The molecule has 3 N–H and O–H groups in total. The van der Waals surface area contributed by atoms with Crippen molar-refractivity contribution in [1.82, 2.24) is 9.80 Å². The molecule has 1 aromatic rings. The first-order chi connectivity index (χ1) is 9.92. The number of nitrogens with one attached hydrogen (secondary N) is 1. The number of benzene rings is 1. The Morgan fingerprint density at radius 3 is 2.67 bits per heavy atom. The molecule has 0 aromatic heterocycles. The zero-order chi connectivity index (χ0) is 15.8. The van der Waals surface area contributed by atoms with E-state index in [1.54, 1.807) is 0 Å². The minimum absolute atomic E-state index is 0.129. The number of amides is 1. The van der Waals surface area contributed by atoms with Crippen LogP contribution >= 0.6 is 0 Å². The number of likely N-dealkylation sites (N-methyl/N-ethyl adjacent to an activating group) is 1. The van der Waals surface area contributed by atoms with Crippen molar-refractivity contribution in [3.63, 3.8) is 0 Å². The first-order valence-electron chi connectivity index (χ1n) is 7.14. The van der Waals surface area contributed by atoms with Gasteiger partial charge in [0.15, 0.2) is 0 Å². The van der Waals surface area contributed by atoms with E-state index in [0.29, 0.717) is 5.69 Å². The van der Waals surface area contributed by atoms with E-state index < -0.39 is 5.82 Å². The molecule has 0 fully saturated rings. The second-order valence-electron chi connectivity index (χ2n) is 5.31. The van der Waals surface area contributed by atoms with Gasteiger partial charge in [-0.2, -0.15) is 0 Å². The van der Waals surface area contributed by atoms with E-state index in [-0.39, 0.29) is 18.1 Å². The Labute approximate surface area is 125 Å². The Morgan fingerprint density at radius 1 is 1.33 bits per heavy atom. The molecule has 0 atom stereocenters. The van der Waals surface area contributed by atoms with Gasteiger partial charge in [0, 0.05) is 5.69 Å². The predicted octanol–water partition coefficient (Wildman–Crippen LogP) is 1.62. The third-order valence-corrected chi connectivity index (χ3v) is 3.16. The molecule has 0 saturated heterocycles. The molecular formula is C15H25FN4O. The molecule has 6 heteroatoms. The number of nitrogen functional groups attached to an aromatic ring is 1. The highest BCUT2D eigenvalue weighted by atomic mass is 19.1. The standard InChI is InChI=1S/C15H25FN4O/c1-4-20(9-5-8-19(2)3)11-15(21)18-14-10-12(17)6-7-13(14)16/h6-7,10H,4-5,8-9,11,17H2,1-3H3,(H,18,21). The third kappa shape index (κ3) is 6.55. The molecular weight excluding hydrogens is 271 g/mol. The molecule has 0 spiro atoms. The van der Waals surface area contributed by atoms with Crippen molar-refractivity contribution in [1.29, 1.82) is 0 Å². The molecule has 0 saturated carbocycles. The van der Waals surface area contributed by atoms with Crippen molar-refractivity contribution < 1.29 is 9.18 Å². The molecule has 0 bridgehead atoms. The fraction of sp³-hybridized carbons (Fsp3) is 0.533. The molecule has 0 aliphatic carbocycles. The van der Waals surface area contributed by atoms with Crippen LogP contribution in [0.5, 0.6) is 0 Å². The minimum Gasteiger partial charge on any atom is -0.399 e. The Hall–Kier alpha value is -1.66. The van der Waals surface area contributed by atoms with Crippen LogP contribution in [0.2, 0.25) is 0 Å².